The lowest BCUT2D eigenvalue weighted by molar-refractivity contribution is -0.133. The lowest BCUT2D eigenvalue weighted by Gasteiger charge is -2.34. The predicted octanol–water partition coefficient (Wildman–Crippen LogP) is 3.64. The first-order valence-electron chi connectivity index (χ1n) is 12.4. The van der Waals surface area contributed by atoms with Crippen LogP contribution in [0, 0.1) is 13.8 Å². The Bertz CT molecular complexity index is 1430. The van der Waals surface area contributed by atoms with Gasteiger partial charge in [0.05, 0.1) is 23.0 Å². The van der Waals surface area contributed by atoms with Gasteiger partial charge in [-0.2, -0.15) is 0 Å². The molecule has 1 saturated heterocycles. The molecule has 0 unspecified atom stereocenters. The van der Waals surface area contributed by atoms with Crippen LogP contribution < -0.4 is 5.56 Å². The van der Waals surface area contributed by atoms with Crippen LogP contribution in [-0.2, 0) is 24.3 Å². The summed E-state index contributed by atoms with van der Waals surface area (Å²) in [6.07, 6.45) is 3.03. The van der Waals surface area contributed by atoms with E-state index >= 15 is 0 Å². The molecule has 1 fully saturated rings. The van der Waals surface area contributed by atoms with Crippen LogP contribution in [0.2, 0.25) is 0 Å². The van der Waals surface area contributed by atoms with Crippen LogP contribution in [0.25, 0.3) is 21.3 Å². The number of thiophene rings is 1. The maximum Gasteiger partial charge on any atom is 0.259 e. The third-order valence-electron chi connectivity index (χ3n) is 6.97. The Morgan fingerprint density at radius 1 is 1.11 bits per heavy atom. The number of rotatable bonds is 7. The minimum Gasteiger partial charge on any atom is -0.339 e. The molecule has 0 atom stereocenters. The molecule has 1 aliphatic rings. The predicted molar refractivity (Wildman–Crippen MR) is 140 cm³/mol. The molecular formula is C26H32N6O2S. The fourth-order valence-electron chi connectivity index (χ4n) is 4.80. The maximum absolute atomic E-state index is 13.2. The summed E-state index contributed by atoms with van der Waals surface area (Å²) in [6.45, 7) is 9.91. The van der Waals surface area contributed by atoms with E-state index < -0.39 is 0 Å². The molecule has 1 aliphatic heterocycles. The second-order valence-corrected chi connectivity index (χ2v) is 10.5. The summed E-state index contributed by atoms with van der Waals surface area (Å²) in [5, 5.41) is 0.706. The molecule has 3 aromatic heterocycles. The number of aromatic amines is 1. The van der Waals surface area contributed by atoms with Crippen molar-refractivity contribution in [2.45, 2.75) is 53.1 Å². The van der Waals surface area contributed by atoms with E-state index in [0.717, 1.165) is 64.5 Å². The number of amides is 1. The average Bonchev–Trinajstić information content (AvgIpc) is 3.34. The largest absolute Gasteiger partial charge is 0.339 e. The molecule has 1 amide bonds. The summed E-state index contributed by atoms with van der Waals surface area (Å²) in [7, 11) is 0. The Kier molecular flexibility index (Phi) is 6.71. The topological polar surface area (TPSA) is 87.1 Å². The van der Waals surface area contributed by atoms with E-state index in [1.54, 1.807) is 11.3 Å². The Morgan fingerprint density at radius 3 is 2.66 bits per heavy atom. The van der Waals surface area contributed by atoms with Crippen molar-refractivity contribution in [2.75, 3.05) is 26.2 Å². The van der Waals surface area contributed by atoms with E-state index in [9.17, 15) is 9.59 Å². The average molecular weight is 493 g/mol. The Balaban J connectivity index is 1.24. The van der Waals surface area contributed by atoms with Gasteiger partial charge in [0.25, 0.3) is 5.56 Å². The number of hydrogen-bond donors (Lipinski definition) is 1. The summed E-state index contributed by atoms with van der Waals surface area (Å²) in [6, 6.07) is 8.05. The first-order valence-corrected chi connectivity index (χ1v) is 13.2. The van der Waals surface area contributed by atoms with Gasteiger partial charge in [-0.15, -0.1) is 11.3 Å². The molecule has 184 valence electrons. The highest BCUT2D eigenvalue weighted by Crippen LogP contribution is 2.26. The summed E-state index contributed by atoms with van der Waals surface area (Å²) in [4.78, 5) is 44.4. The molecule has 9 heteroatoms. The second kappa shape index (κ2) is 9.91. The van der Waals surface area contributed by atoms with Crippen molar-refractivity contribution in [3.63, 3.8) is 0 Å². The van der Waals surface area contributed by atoms with E-state index in [-0.39, 0.29) is 11.5 Å². The normalized spacial score (nSPS) is 14.9. The molecule has 0 radical (unpaired) electrons. The highest BCUT2D eigenvalue weighted by Gasteiger charge is 2.24. The SMILES string of the molecule is CCCCc1nc2ccccc2n1CC(=O)N1CCN(Cc2nc3sc(C)c(C)c3c(=O)[nH]2)CC1. The Labute approximate surface area is 208 Å². The molecule has 5 rings (SSSR count). The van der Waals surface area contributed by atoms with Crippen molar-refractivity contribution in [3.8, 4) is 0 Å². The lowest BCUT2D eigenvalue weighted by atomic mass is 10.2. The van der Waals surface area contributed by atoms with E-state index in [1.165, 1.54) is 0 Å². The standard InChI is InChI=1S/C26H32N6O2S/c1-4-5-10-22-27-19-8-6-7-9-20(19)32(22)16-23(33)31-13-11-30(12-14-31)15-21-28-25(34)24-17(2)18(3)35-26(24)29-21/h6-9H,4-5,10-16H2,1-3H3,(H,28,29,34). The monoisotopic (exact) mass is 492 g/mol. The molecular weight excluding hydrogens is 460 g/mol. The van der Waals surface area contributed by atoms with Crippen LogP contribution in [0.4, 0.5) is 0 Å². The van der Waals surface area contributed by atoms with Gasteiger partial charge in [0.1, 0.15) is 23.0 Å². The third-order valence-corrected chi connectivity index (χ3v) is 8.07. The number of unbranched alkanes of at least 4 members (excludes halogenated alkanes) is 1. The van der Waals surface area contributed by atoms with Gasteiger partial charge in [-0.25, -0.2) is 9.97 Å². The fraction of sp³-hybridized carbons (Fsp3) is 0.462. The molecule has 0 saturated carbocycles. The van der Waals surface area contributed by atoms with E-state index in [1.807, 2.05) is 43.0 Å². The molecule has 4 aromatic rings. The van der Waals surface area contributed by atoms with Crippen LogP contribution in [0.15, 0.2) is 29.1 Å². The number of nitrogens with zero attached hydrogens (tertiary/aromatic N) is 5. The van der Waals surface area contributed by atoms with Crippen LogP contribution in [0.1, 0.15) is 41.9 Å². The van der Waals surface area contributed by atoms with Crippen LogP contribution in [0.3, 0.4) is 0 Å². The van der Waals surface area contributed by atoms with Crippen LogP contribution in [-0.4, -0.2) is 61.4 Å². The van der Waals surface area contributed by atoms with E-state index in [0.29, 0.717) is 37.4 Å². The van der Waals surface area contributed by atoms with Crippen LogP contribution in [0.5, 0.6) is 0 Å². The zero-order chi connectivity index (χ0) is 24.5. The highest BCUT2D eigenvalue weighted by molar-refractivity contribution is 7.18. The van der Waals surface area contributed by atoms with Gasteiger partial charge in [0, 0.05) is 37.5 Å². The number of aryl methyl sites for hydroxylation is 3. The van der Waals surface area contributed by atoms with Gasteiger partial charge in [0.15, 0.2) is 0 Å². The number of H-pyrrole nitrogens is 1. The Hall–Kier alpha value is -3.04. The summed E-state index contributed by atoms with van der Waals surface area (Å²) in [5.41, 5.74) is 2.92. The maximum atomic E-state index is 13.2. The third kappa shape index (κ3) is 4.75. The van der Waals surface area contributed by atoms with Crippen molar-refractivity contribution in [2.24, 2.45) is 0 Å². The number of hydrogen-bond acceptors (Lipinski definition) is 6. The number of para-hydroxylation sites is 2. The van der Waals surface area contributed by atoms with Crippen LogP contribution >= 0.6 is 11.3 Å². The summed E-state index contributed by atoms with van der Waals surface area (Å²) in [5.74, 6) is 1.81. The van der Waals surface area contributed by atoms with Crippen molar-refractivity contribution in [3.05, 3.63) is 56.7 Å². The number of fused-ring (bicyclic) bond motifs is 2. The first kappa shape index (κ1) is 23.7. The van der Waals surface area contributed by atoms with E-state index in [2.05, 4.69) is 21.4 Å². The molecule has 8 nitrogen and oxygen atoms in total. The van der Waals surface area contributed by atoms with Gasteiger partial charge in [0.2, 0.25) is 5.91 Å². The minimum atomic E-state index is -0.0629. The number of imidazole rings is 1. The smallest absolute Gasteiger partial charge is 0.259 e. The summed E-state index contributed by atoms with van der Waals surface area (Å²) < 4.78 is 2.09. The van der Waals surface area contributed by atoms with Crippen molar-refractivity contribution < 1.29 is 4.79 Å². The molecule has 1 aromatic carbocycles. The molecule has 0 spiro atoms. The first-order chi connectivity index (χ1) is 16.9. The van der Waals surface area contributed by atoms with Gasteiger partial charge in [-0.3, -0.25) is 14.5 Å². The molecule has 1 N–H and O–H groups in total. The van der Waals surface area contributed by atoms with Crippen molar-refractivity contribution >= 4 is 38.5 Å². The molecule has 4 heterocycles. The lowest BCUT2D eigenvalue weighted by Crippen LogP contribution is -2.49. The van der Waals surface area contributed by atoms with Gasteiger partial charge in [-0.1, -0.05) is 25.5 Å². The highest BCUT2D eigenvalue weighted by atomic mass is 32.1. The quantitative estimate of drug-likeness (QED) is 0.426. The summed E-state index contributed by atoms with van der Waals surface area (Å²) >= 11 is 1.57. The number of piperazine rings is 1. The number of aromatic nitrogens is 4. The Morgan fingerprint density at radius 2 is 1.89 bits per heavy atom. The number of carbonyl (C=O) groups is 1. The number of nitrogens with one attached hydrogen (secondary N) is 1. The van der Waals surface area contributed by atoms with Crippen molar-refractivity contribution in [1.29, 1.82) is 0 Å². The fourth-order valence-corrected chi connectivity index (χ4v) is 5.85. The van der Waals surface area contributed by atoms with Gasteiger partial charge in [-0.05, 0) is 38.0 Å². The molecule has 0 bridgehead atoms. The van der Waals surface area contributed by atoms with Crippen molar-refractivity contribution in [1.82, 2.24) is 29.3 Å². The second-order valence-electron chi connectivity index (χ2n) is 9.34. The van der Waals surface area contributed by atoms with Gasteiger partial charge >= 0.3 is 0 Å². The van der Waals surface area contributed by atoms with Gasteiger partial charge < -0.3 is 14.5 Å². The number of benzene rings is 1. The molecule has 0 aliphatic carbocycles. The minimum absolute atomic E-state index is 0.0629. The molecule has 35 heavy (non-hydrogen) atoms. The zero-order valence-electron chi connectivity index (χ0n) is 20.6. The number of carbonyl (C=O) groups excluding carboxylic acids is 1. The zero-order valence-corrected chi connectivity index (χ0v) is 21.5. The van der Waals surface area contributed by atoms with E-state index in [4.69, 9.17) is 9.97 Å².